The Kier molecular flexibility index (Phi) is 3.96. The van der Waals surface area contributed by atoms with Crippen LogP contribution < -0.4 is 0 Å². The minimum atomic E-state index is 0.359. The van der Waals surface area contributed by atoms with E-state index in [1.165, 1.54) is 51.4 Å². The number of aliphatic hydroxyl groups is 1. The lowest BCUT2D eigenvalue weighted by molar-refractivity contribution is -0.161. The van der Waals surface area contributed by atoms with E-state index < -0.39 is 0 Å². The molecule has 5 fully saturated rings. The quantitative estimate of drug-likeness (QED) is 0.738. The van der Waals surface area contributed by atoms with Gasteiger partial charge >= 0.3 is 0 Å². The normalized spacial score (nSPS) is 58.5. The van der Waals surface area contributed by atoms with Gasteiger partial charge in [-0.05, 0) is 104 Å². The number of hydrogen-bond donors (Lipinski definition) is 1. The second-order valence-corrected chi connectivity index (χ2v) is 11.5. The second-order valence-electron chi connectivity index (χ2n) is 11.5. The molecule has 148 valence electrons. The van der Waals surface area contributed by atoms with Gasteiger partial charge in [0.15, 0.2) is 0 Å². The standard InChI is InChI=1S/C24H40O2/c1-15(9-12-25)18-5-6-19-17-13-21(26-4)24-14-16(24)7-11-23(24,3)20(17)8-10-22(18,19)2/h15-21,25H,5-14H2,1-4H3/t15-,16+,17+,18-,19+,20+,21-,22-,23-,24+/m1/s1. The molecular formula is C24H40O2. The predicted molar refractivity (Wildman–Crippen MR) is 105 cm³/mol. The van der Waals surface area contributed by atoms with Crippen molar-refractivity contribution in [3.05, 3.63) is 0 Å². The van der Waals surface area contributed by atoms with Crippen LogP contribution in [0.25, 0.3) is 0 Å². The van der Waals surface area contributed by atoms with Gasteiger partial charge in [0, 0.05) is 19.1 Å². The smallest absolute Gasteiger partial charge is 0.0638 e. The molecule has 1 N–H and O–H groups in total. The molecule has 5 saturated carbocycles. The Hall–Kier alpha value is -0.0800. The van der Waals surface area contributed by atoms with Gasteiger partial charge in [0.25, 0.3) is 0 Å². The van der Waals surface area contributed by atoms with Crippen LogP contribution in [0.15, 0.2) is 0 Å². The summed E-state index contributed by atoms with van der Waals surface area (Å²) in [5.41, 5.74) is 1.62. The summed E-state index contributed by atoms with van der Waals surface area (Å²) in [4.78, 5) is 0. The maximum atomic E-state index is 9.48. The molecule has 0 saturated heterocycles. The molecule has 0 aromatic rings. The largest absolute Gasteiger partial charge is 0.396 e. The number of ether oxygens (including phenoxy) is 1. The van der Waals surface area contributed by atoms with Gasteiger partial charge in [-0.2, -0.15) is 0 Å². The van der Waals surface area contributed by atoms with Gasteiger partial charge < -0.3 is 9.84 Å². The first-order valence-electron chi connectivity index (χ1n) is 11.6. The fraction of sp³-hybridized carbons (Fsp3) is 1.00. The summed E-state index contributed by atoms with van der Waals surface area (Å²) in [5.74, 6) is 5.22. The summed E-state index contributed by atoms with van der Waals surface area (Å²) in [5, 5.41) is 9.48. The summed E-state index contributed by atoms with van der Waals surface area (Å²) < 4.78 is 6.23. The highest BCUT2D eigenvalue weighted by atomic mass is 16.5. The lowest BCUT2D eigenvalue weighted by atomic mass is 9.45. The highest BCUT2D eigenvalue weighted by Crippen LogP contribution is 2.82. The molecule has 0 aliphatic heterocycles. The van der Waals surface area contributed by atoms with Gasteiger partial charge in [-0.25, -0.2) is 0 Å². The number of hydrogen-bond acceptors (Lipinski definition) is 2. The zero-order chi connectivity index (χ0) is 18.3. The SMILES string of the molecule is CO[C@@H]1C[C@H]2[C@@H]3CC[C@H]([C@H](C)CCO)[C@@]3(C)CC[C@@H]2[C@@]2(C)CC[C@H]3C[C@]312. The molecule has 0 amide bonds. The third-order valence-corrected chi connectivity index (χ3v) is 11.2. The van der Waals surface area contributed by atoms with E-state index in [0.717, 1.165) is 36.0 Å². The number of fused-ring (bicyclic) bond motifs is 4. The molecule has 1 spiro atoms. The summed E-state index contributed by atoms with van der Waals surface area (Å²) in [6, 6.07) is 0. The van der Waals surface area contributed by atoms with Crippen molar-refractivity contribution in [2.75, 3.05) is 13.7 Å². The van der Waals surface area contributed by atoms with Gasteiger partial charge in [-0.3, -0.25) is 0 Å². The minimum Gasteiger partial charge on any atom is -0.396 e. The van der Waals surface area contributed by atoms with Crippen LogP contribution in [0.1, 0.15) is 78.6 Å². The zero-order valence-electron chi connectivity index (χ0n) is 17.5. The van der Waals surface area contributed by atoms with E-state index in [9.17, 15) is 5.11 Å². The molecule has 5 rings (SSSR count). The van der Waals surface area contributed by atoms with E-state index in [0.29, 0.717) is 34.9 Å². The first-order valence-corrected chi connectivity index (χ1v) is 11.6. The number of rotatable bonds is 4. The van der Waals surface area contributed by atoms with Gasteiger partial charge in [0.05, 0.1) is 6.10 Å². The molecule has 0 radical (unpaired) electrons. The van der Waals surface area contributed by atoms with Crippen molar-refractivity contribution < 1.29 is 9.84 Å². The van der Waals surface area contributed by atoms with Crippen LogP contribution in [0.2, 0.25) is 0 Å². The molecule has 5 aliphatic rings. The van der Waals surface area contributed by atoms with Crippen LogP contribution in [0.5, 0.6) is 0 Å². The molecule has 0 unspecified atom stereocenters. The Balaban J connectivity index is 1.46. The van der Waals surface area contributed by atoms with Crippen LogP contribution in [-0.2, 0) is 4.74 Å². The van der Waals surface area contributed by atoms with E-state index in [1.807, 2.05) is 7.11 Å². The van der Waals surface area contributed by atoms with Gasteiger partial charge in [0.1, 0.15) is 0 Å². The zero-order valence-corrected chi connectivity index (χ0v) is 17.5. The molecule has 2 nitrogen and oxygen atoms in total. The molecular weight excluding hydrogens is 320 g/mol. The molecule has 26 heavy (non-hydrogen) atoms. The third kappa shape index (κ3) is 1.97. The van der Waals surface area contributed by atoms with E-state index in [-0.39, 0.29) is 0 Å². The topological polar surface area (TPSA) is 29.5 Å². The first-order chi connectivity index (χ1) is 12.4. The van der Waals surface area contributed by atoms with Crippen LogP contribution in [0, 0.1) is 51.8 Å². The van der Waals surface area contributed by atoms with E-state index >= 15 is 0 Å². The van der Waals surface area contributed by atoms with E-state index in [2.05, 4.69) is 20.8 Å². The summed E-state index contributed by atoms with van der Waals surface area (Å²) in [6.45, 7) is 8.06. The van der Waals surface area contributed by atoms with E-state index in [4.69, 9.17) is 4.74 Å². The molecule has 10 atom stereocenters. The maximum Gasteiger partial charge on any atom is 0.0638 e. The second kappa shape index (κ2) is 5.72. The Bertz CT molecular complexity index is 575. The average molecular weight is 361 g/mol. The van der Waals surface area contributed by atoms with Crippen molar-refractivity contribution in [2.24, 2.45) is 51.8 Å². The molecule has 0 bridgehead atoms. The van der Waals surface area contributed by atoms with E-state index in [1.54, 1.807) is 0 Å². The average Bonchev–Trinajstić information content (AvgIpc) is 3.12. The Morgan fingerprint density at radius 3 is 2.58 bits per heavy atom. The van der Waals surface area contributed by atoms with Crippen LogP contribution in [0.4, 0.5) is 0 Å². The van der Waals surface area contributed by atoms with Crippen molar-refractivity contribution in [3.8, 4) is 0 Å². The summed E-state index contributed by atoms with van der Waals surface area (Å²) in [6.07, 6.45) is 13.0. The van der Waals surface area contributed by atoms with Crippen molar-refractivity contribution >= 4 is 0 Å². The monoisotopic (exact) mass is 360 g/mol. The molecule has 5 aliphatic carbocycles. The van der Waals surface area contributed by atoms with Gasteiger partial charge in [-0.1, -0.05) is 20.8 Å². The molecule has 2 heteroatoms. The lowest BCUT2D eigenvalue weighted by Gasteiger charge is -2.61. The lowest BCUT2D eigenvalue weighted by Crippen LogP contribution is -2.57. The van der Waals surface area contributed by atoms with Crippen molar-refractivity contribution in [3.63, 3.8) is 0 Å². The van der Waals surface area contributed by atoms with Crippen LogP contribution in [0.3, 0.4) is 0 Å². The molecule has 0 heterocycles. The number of aliphatic hydroxyl groups excluding tert-OH is 1. The highest BCUT2D eigenvalue weighted by molar-refractivity contribution is 5.26. The van der Waals surface area contributed by atoms with Crippen molar-refractivity contribution in [1.29, 1.82) is 0 Å². The molecule has 0 aromatic carbocycles. The summed E-state index contributed by atoms with van der Waals surface area (Å²) >= 11 is 0. The van der Waals surface area contributed by atoms with Crippen molar-refractivity contribution in [1.82, 2.24) is 0 Å². The Labute approximate surface area is 160 Å². The first kappa shape index (κ1) is 18.0. The molecule has 0 aromatic heterocycles. The Morgan fingerprint density at radius 1 is 1.08 bits per heavy atom. The van der Waals surface area contributed by atoms with Crippen LogP contribution >= 0.6 is 0 Å². The van der Waals surface area contributed by atoms with Crippen LogP contribution in [-0.4, -0.2) is 24.9 Å². The minimum absolute atomic E-state index is 0.359. The maximum absolute atomic E-state index is 9.48. The third-order valence-electron chi connectivity index (χ3n) is 11.2. The van der Waals surface area contributed by atoms with Crippen molar-refractivity contribution in [2.45, 2.75) is 84.7 Å². The Morgan fingerprint density at radius 2 is 1.88 bits per heavy atom. The fourth-order valence-electron chi connectivity index (χ4n) is 9.96. The number of methoxy groups -OCH3 is 1. The van der Waals surface area contributed by atoms with Gasteiger partial charge in [-0.15, -0.1) is 0 Å². The fourth-order valence-corrected chi connectivity index (χ4v) is 9.96. The summed E-state index contributed by atoms with van der Waals surface area (Å²) in [7, 11) is 2.00. The van der Waals surface area contributed by atoms with Gasteiger partial charge in [0.2, 0.25) is 0 Å². The highest BCUT2D eigenvalue weighted by Gasteiger charge is 2.77. The predicted octanol–water partition coefficient (Wildman–Crippen LogP) is 5.29.